The molecule has 0 fully saturated rings. The number of hydrogen-bond donors (Lipinski definition) is 2. The maximum atomic E-state index is 13.2. The summed E-state index contributed by atoms with van der Waals surface area (Å²) in [5, 5.41) is 3.15. The molecule has 0 saturated heterocycles. The highest BCUT2D eigenvalue weighted by Crippen LogP contribution is 2.19. The number of carbonyl (C=O) groups excluding carboxylic acids is 1. The largest absolute Gasteiger partial charge is 0.385 e. The molecule has 1 aromatic carbocycles. The van der Waals surface area contributed by atoms with Gasteiger partial charge in [-0.15, -0.1) is 0 Å². The predicted octanol–water partition coefficient (Wildman–Crippen LogP) is 2.77. The van der Waals surface area contributed by atoms with Crippen LogP contribution in [0.1, 0.15) is 37.6 Å². The minimum Gasteiger partial charge on any atom is -0.385 e. The molecule has 0 unspecified atom stereocenters. The first kappa shape index (κ1) is 13.5. The van der Waals surface area contributed by atoms with E-state index in [-0.39, 0.29) is 11.0 Å². The van der Waals surface area contributed by atoms with E-state index in [1.54, 1.807) is 6.07 Å². The summed E-state index contributed by atoms with van der Waals surface area (Å²) < 4.78 is 13.2. The number of hydrogen-bond acceptors (Lipinski definition) is 2. The first-order chi connectivity index (χ1) is 7.79. The third kappa shape index (κ3) is 4.43. The van der Waals surface area contributed by atoms with Crippen LogP contribution in [-0.4, -0.2) is 12.5 Å². The fourth-order valence-corrected chi connectivity index (χ4v) is 1.41. The molecule has 0 bridgehead atoms. The number of primary amides is 1. The van der Waals surface area contributed by atoms with Crippen LogP contribution in [0.15, 0.2) is 18.2 Å². The van der Waals surface area contributed by atoms with Crippen molar-refractivity contribution < 1.29 is 9.18 Å². The van der Waals surface area contributed by atoms with Gasteiger partial charge in [-0.25, -0.2) is 4.39 Å². The highest BCUT2D eigenvalue weighted by Gasteiger charge is 2.11. The number of benzene rings is 1. The van der Waals surface area contributed by atoms with E-state index in [0.717, 1.165) is 13.0 Å². The molecule has 1 rings (SSSR count). The summed E-state index contributed by atoms with van der Waals surface area (Å²) in [5.74, 6) is -1.33. The Labute approximate surface area is 101 Å². The van der Waals surface area contributed by atoms with Gasteiger partial charge in [-0.05, 0) is 30.0 Å². The van der Waals surface area contributed by atoms with Crippen molar-refractivity contribution >= 4 is 11.6 Å². The highest BCUT2D eigenvalue weighted by molar-refractivity contribution is 5.94. The lowest BCUT2D eigenvalue weighted by Crippen LogP contribution is -2.15. The molecule has 4 heteroatoms. The zero-order valence-corrected chi connectivity index (χ0v) is 10.5. The van der Waals surface area contributed by atoms with Gasteiger partial charge >= 0.3 is 0 Å². The topological polar surface area (TPSA) is 55.1 Å². The molecule has 0 aliphatic heterocycles. The number of rotatable bonds is 4. The Morgan fingerprint density at radius 1 is 1.41 bits per heavy atom. The summed E-state index contributed by atoms with van der Waals surface area (Å²) in [4.78, 5) is 11.0. The van der Waals surface area contributed by atoms with Gasteiger partial charge in [0.15, 0.2) is 0 Å². The summed E-state index contributed by atoms with van der Waals surface area (Å²) >= 11 is 0. The molecule has 0 saturated carbocycles. The lowest BCUT2D eigenvalue weighted by molar-refractivity contribution is 0.0996. The molecular weight excluding hydrogens is 219 g/mol. The molecule has 1 amide bonds. The van der Waals surface area contributed by atoms with Crippen LogP contribution in [-0.2, 0) is 0 Å². The maximum Gasteiger partial charge on any atom is 0.251 e. The van der Waals surface area contributed by atoms with Gasteiger partial charge < -0.3 is 11.1 Å². The van der Waals surface area contributed by atoms with E-state index < -0.39 is 11.7 Å². The highest BCUT2D eigenvalue weighted by atomic mass is 19.1. The van der Waals surface area contributed by atoms with Gasteiger partial charge in [0.2, 0.25) is 0 Å². The first-order valence-corrected chi connectivity index (χ1v) is 5.63. The molecule has 0 aliphatic rings. The molecule has 3 N–H and O–H groups in total. The monoisotopic (exact) mass is 238 g/mol. The predicted molar refractivity (Wildman–Crippen MR) is 67.5 cm³/mol. The molecule has 3 nitrogen and oxygen atoms in total. The molecule has 17 heavy (non-hydrogen) atoms. The molecule has 0 heterocycles. The molecule has 0 radical (unpaired) electrons. The van der Waals surface area contributed by atoms with Crippen LogP contribution in [0.2, 0.25) is 0 Å². The summed E-state index contributed by atoms with van der Waals surface area (Å²) in [6.07, 6.45) is 0.982. The first-order valence-electron chi connectivity index (χ1n) is 5.63. The number of nitrogens with two attached hydrogens (primary N) is 1. The molecule has 0 atom stereocenters. The Hall–Kier alpha value is -1.58. The second-order valence-electron chi connectivity index (χ2n) is 5.30. The van der Waals surface area contributed by atoms with Crippen LogP contribution < -0.4 is 11.1 Å². The quantitative estimate of drug-likeness (QED) is 0.847. The van der Waals surface area contributed by atoms with E-state index in [2.05, 4.69) is 26.1 Å². The zero-order valence-electron chi connectivity index (χ0n) is 10.5. The fraction of sp³-hybridized carbons (Fsp3) is 0.462. The van der Waals surface area contributed by atoms with Crippen molar-refractivity contribution in [3.63, 3.8) is 0 Å². The summed E-state index contributed by atoms with van der Waals surface area (Å²) in [5.41, 5.74) is 5.94. The van der Waals surface area contributed by atoms with E-state index in [9.17, 15) is 9.18 Å². The van der Waals surface area contributed by atoms with Crippen LogP contribution >= 0.6 is 0 Å². The molecule has 0 aliphatic carbocycles. The van der Waals surface area contributed by atoms with Crippen LogP contribution in [0.25, 0.3) is 0 Å². The van der Waals surface area contributed by atoms with E-state index in [0.29, 0.717) is 5.69 Å². The number of amides is 1. The third-order valence-corrected chi connectivity index (χ3v) is 2.44. The van der Waals surface area contributed by atoms with Gasteiger partial charge in [0.05, 0.1) is 5.56 Å². The summed E-state index contributed by atoms with van der Waals surface area (Å²) in [7, 11) is 0. The number of halogens is 1. The minimum absolute atomic E-state index is 0.0780. The van der Waals surface area contributed by atoms with Crippen molar-refractivity contribution in [1.29, 1.82) is 0 Å². The Bertz CT molecular complexity index is 410. The fourth-order valence-electron chi connectivity index (χ4n) is 1.41. The van der Waals surface area contributed by atoms with Crippen LogP contribution in [0.4, 0.5) is 10.1 Å². The second kappa shape index (κ2) is 5.17. The van der Waals surface area contributed by atoms with Crippen LogP contribution in [0.5, 0.6) is 0 Å². The summed E-state index contributed by atoms with van der Waals surface area (Å²) in [6, 6.07) is 4.30. The number of carbonyl (C=O) groups is 1. The van der Waals surface area contributed by atoms with Gasteiger partial charge in [0.1, 0.15) is 5.82 Å². The molecular formula is C13H19FN2O. The van der Waals surface area contributed by atoms with Crippen molar-refractivity contribution in [3.05, 3.63) is 29.6 Å². The Morgan fingerprint density at radius 3 is 2.59 bits per heavy atom. The van der Waals surface area contributed by atoms with E-state index in [4.69, 9.17) is 5.73 Å². The summed E-state index contributed by atoms with van der Waals surface area (Å²) in [6.45, 7) is 7.21. The van der Waals surface area contributed by atoms with Gasteiger partial charge in [-0.1, -0.05) is 20.8 Å². The van der Waals surface area contributed by atoms with Crippen molar-refractivity contribution in [2.45, 2.75) is 27.2 Å². The van der Waals surface area contributed by atoms with Crippen molar-refractivity contribution in [2.75, 3.05) is 11.9 Å². The van der Waals surface area contributed by atoms with Gasteiger partial charge in [0, 0.05) is 12.2 Å². The van der Waals surface area contributed by atoms with Gasteiger partial charge in [-0.2, -0.15) is 0 Å². The SMILES string of the molecule is CC(C)(C)CCNc1ccc(F)c(C(N)=O)c1. The lowest BCUT2D eigenvalue weighted by Gasteiger charge is -2.18. The number of nitrogens with one attached hydrogen (secondary N) is 1. The van der Waals surface area contributed by atoms with E-state index in [1.807, 2.05) is 0 Å². The van der Waals surface area contributed by atoms with Gasteiger partial charge in [-0.3, -0.25) is 4.79 Å². The maximum absolute atomic E-state index is 13.2. The van der Waals surface area contributed by atoms with Crippen molar-refractivity contribution in [3.8, 4) is 0 Å². The Balaban J connectivity index is 2.67. The van der Waals surface area contributed by atoms with Crippen LogP contribution in [0, 0.1) is 11.2 Å². The zero-order chi connectivity index (χ0) is 13.1. The average Bonchev–Trinajstić information content (AvgIpc) is 2.18. The lowest BCUT2D eigenvalue weighted by atomic mass is 9.92. The van der Waals surface area contributed by atoms with Gasteiger partial charge in [0.25, 0.3) is 5.91 Å². The standard InChI is InChI=1S/C13H19FN2O/c1-13(2,3)6-7-16-9-4-5-11(14)10(8-9)12(15)17/h4-5,8,16H,6-7H2,1-3H3,(H2,15,17). The molecule has 0 aromatic heterocycles. The van der Waals surface area contributed by atoms with Crippen molar-refractivity contribution in [2.24, 2.45) is 11.1 Å². The average molecular weight is 238 g/mol. The Morgan fingerprint density at radius 2 is 2.06 bits per heavy atom. The van der Waals surface area contributed by atoms with Crippen LogP contribution in [0.3, 0.4) is 0 Å². The molecule has 0 spiro atoms. The minimum atomic E-state index is -0.748. The molecule has 94 valence electrons. The van der Waals surface area contributed by atoms with E-state index >= 15 is 0 Å². The third-order valence-electron chi connectivity index (χ3n) is 2.44. The smallest absolute Gasteiger partial charge is 0.251 e. The Kier molecular flexibility index (Phi) is 4.10. The van der Waals surface area contributed by atoms with Crippen molar-refractivity contribution in [1.82, 2.24) is 0 Å². The normalized spacial score (nSPS) is 11.3. The van der Waals surface area contributed by atoms with E-state index in [1.165, 1.54) is 12.1 Å². The molecule has 1 aromatic rings. The number of anilines is 1. The second-order valence-corrected chi connectivity index (χ2v) is 5.30.